The Kier molecular flexibility index (Phi) is 5.71. The summed E-state index contributed by atoms with van der Waals surface area (Å²) in [6.45, 7) is 7.44. The second kappa shape index (κ2) is 7.74. The minimum absolute atomic E-state index is 0.0643. The molecule has 0 aliphatic heterocycles. The molecule has 0 unspecified atom stereocenters. The summed E-state index contributed by atoms with van der Waals surface area (Å²) in [7, 11) is 0. The Morgan fingerprint density at radius 2 is 2.14 bits per heavy atom. The zero-order chi connectivity index (χ0) is 15.9. The zero-order valence-electron chi connectivity index (χ0n) is 13.4. The number of anilines is 1. The number of nitrogens with zero attached hydrogens (tertiary/aromatic N) is 4. The Morgan fingerprint density at radius 3 is 2.82 bits per heavy atom. The van der Waals surface area contributed by atoms with Gasteiger partial charge in [0.25, 0.3) is 0 Å². The Labute approximate surface area is 130 Å². The van der Waals surface area contributed by atoms with Crippen molar-refractivity contribution < 1.29 is 4.79 Å². The SMILES string of the molecule is CC[C@@H](C)n1nccc1NC(=O)[C@@H](C)NCCn1cccn1. The molecule has 0 saturated carbocycles. The van der Waals surface area contributed by atoms with Crippen LogP contribution >= 0.6 is 0 Å². The molecule has 2 N–H and O–H groups in total. The summed E-state index contributed by atoms with van der Waals surface area (Å²) in [6, 6.07) is 3.68. The van der Waals surface area contributed by atoms with Crippen molar-refractivity contribution in [2.75, 3.05) is 11.9 Å². The monoisotopic (exact) mass is 304 g/mol. The number of aromatic nitrogens is 4. The molecule has 1 amide bonds. The highest BCUT2D eigenvalue weighted by Crippen LogP contribution is 2.16. The van der Waals surface area contributed by atoms with Crippen LogP contribution in [0.5, 0.6) is 0 Å². The van der Waals surface area contributed by atoms with Crippen LogP contribution in [0.3, 0.4) is 0 Å². The van der Waals surface area contributed by atoms with Crippen LogP contribution in [-0.2, 0) is 11.3 Å². The number of rotatable bonds is 8. The van der Waals surface area contributed by atoms with Crippen LogP contribution in [0.25, 0.3) is 0 Å². The molecule has 2 aromatic rings. The summed E-state index contributed by atoms with van der Waals surface area (Å²) in [5.41, 5.74) is 0. The molecule has 2 atom stereocenters. The summed E-state index contributed by atoms with van der Waals surface area (Å²) < 4.78 is 3.67. The van der Waals surface area contributed by atoms with E-state index in [1.807, 2.05) is 34.6 Å². The van der Waals surface area contributed by atoms with Crippen molar-refractivity contribution in [3.8, 4) is 0 Å². The van der Waals surface area contributed by atoms with E-state index in [0.29, 0.717) is 6.54 Å². The lowest BCUT2D eigenvalue weighted by atomic mass is 10.2. The summed E-state index contributed by atoms with van der Waals surface area (Å²) in [4.78, 5) is 12.2. The zero-order valence-corrected chi connectivity index (χ0v) is 13.4. The summed E-state index contributed by atoms with van der Waals surface area (Å²) in [5.74, 6) is 0.672. The minimum Gasteiger partial charge on any atom is -0.310 e. The van der Waals surface area contributed by atoms with Crippen molar-refractivity contribution in [2.45, 2.75) is 45.8 Å². The molecule has 0 fully saturated rings. The fourth-order valence-corrected chi connectivity index (χ4v) is 2.09. The van der Waals surface area contributed by atoms with Crippen LogP contribution < -0.4 is 10.6 Å². The van der Waals surface area contributed by atoms with Crippen molar-refractivity contribution in [3.05, 3.63) is 30.7 Å². The fourth-order valence-electron chi connectivity index (χ4n) is 2.09. The third kappa shape index (κ3) is 4.17. The maximum absolute atomic E-state index is 12.2. The van der Waals surface area contributed by atoms with Gasteiger partial charge in [-0.25, -0.2) is 4.68 Å². The lowest BCUT2D eigenvalue weighted by Crippen LogP contribution is -2.40. The molecule has 120 valence electrons. The van der Waals surface area contributed by atoms with Crippen molar-refractivity contribution in [3.63, 3.8) is 0 Å². The average Bonchev–Trinajstić information content (AvgIpc) is 3.17. The molecule has 0 bridgehead atoms. The van der Waals surface area contributed by atoms with E-state index in [2.05, 4.69) is 34.7 Å². The van der Waals surface area contributed by atoms with Crippen LogP contribution in [0.4, 0.5) is 5.82 Å². The van der Waals surface area contributed by atoms with Crippen LogP contribution in [0.2, 0.25) is 0 Å². The fraction of sp³-hybridized carbons (Fsp3) is 0.533. The first-order valence-electron chi connectivity index (χ1n) is 7.67. The predicted octanol–water partition coefficient (Wildman–Crippen LogP) is 1.67. The molecule has 2 rings (SSSR count). The lowest BCUT2D eigenvalue weighted by molar-refractivity contribution is -0.117. The summed E-state index contributed by atoms with van der Waals surface area (Å²) >= 11 is 0. The number of hydrogen-bond donors (Lipinski definition) is 2. The normalized spacial score (nSPS) is 13.8. The van der Waals surface area contributed by atoms with Gasteiger partial charge in [-0.2, -0.15) is 10.2 Å². The van der Waals surface area contributed by atoms with Gasteiger partial charge in [-0.15, -0.1) is 0 Å². The van der Waals surface area contributed by atoms with Gasteiger partial charge < -0.3 is 10.6 Å². The average molecular weight is 304 g/mol. The minimum atomic E-state index is -0.282. The molecular formula is C15H24N6O. The molecule has 2 heterocycles. The van der Waals surface area contributed by atoms with E-state index >= 15 is 0 Å². The maximum Gasteiger partial charge on any atom is 0.242 e. The molecule has 2 aromatic heterocycles. The lowest BCUT2D eigenvalue weighted by Gasteiger charge is -2.17. The first kappa shape index (κ1) is 16.2. The number of amides is 1. The van der Waals surface area contributed by atoms with Crippen LogP contribution in [-0.4, -0.2) is 38.1 Å². The third-order valence-electron chi connectivity index (χ3n) is 3.67. The molecule has 7 nitrogen and oxygen atoms in total. The number of carbonyl (C=O) groups excluding carboxylic acids is 1. The first-order valence-corrected chi connectivity index (χ1v) is 7.67. The second-order valence-electron chi connectivity index (χ2n) is 5.35. The van der Waals surface area contributed by atoms with E-state index < -0.39 is 0 Å². The van der Waals surface area contributed by atoms with Gasteiger partial charge >= 0.3 is 0 Å². The van der Waals surface area contributed by atoms with Crippen molar-refractivity contribution >= 4 is 11.7 Å². The summed E-state index contributed by atoms with van der Waals surface area (Å²) in [6.07, 6.45) is 6.31. The van der Waals surface area contributed by atoms with Gasteiger partial charge in [0.15, 0.2) is 0 Å². The third-order valence-corrected chi connectivity index (χ3v) is 3.67. The highest BCUT2D eigenvalue weighted by molar-refractivity contribution is 5.93. The van der Waals surface area contributed by atoms with Gasteiger partial charge in [-0.3, -0.25) is 9.48 Å². The molecule has 0 radical (unpaired) electrons. The smallest absolute Gasteiger partial charge is 0.242 e. The molecule has 0 aromatic carbocycles. The molecule has 0 spiro atoms. The molecule has 0 saturated heterocycles. The van der Waals surface area contributed by atoms with Crippen LogP contribution in [0.1, 0.15) is 33.2 Å². The van der Waals surface area contributed by atoms with Gasteiger partial charge in [-0.05, 0) is 26.3 Å². The predicted molar refractivity (Wildman–Crippen MR) is 85.6 cm³/mol. The van der Waals surface area contributed by atoms with Gasteiger partial charge in [0.05, 0.1) is 24.8 Å². The number of carbonyl (C=O) groups is 1. The Morgan fingerprint density at radius 1 is 1.32 bits per heavy atom. The quantitative estimate of drug-likeness (QED) is 0.778. The van der Waals surface area contributed by atoms with E-state index in [9.17, 15) is 4.79 Å². The van der Waals surface area contributed by atoms with Crippen molar-refractivity contribution in [1.82, 2.24) is 24.9 Å². The largest absolute Gasteiger partial charge is 0.310 e. The highest BCUT2D eigenvalue weighted by Gasteiger charge is 2.15. The topological polar surface area (TPSA) is 76.8 Å². The van der Waals surface area contributed by atoms with Gasteiger partial charge in [0.1, 0.15) is 5.82 Å². The van der Waals surface area contributed by atoms with E-state index in [4.69, 9.17) is 0 Å². The van der Waals surface area contributed by atoms with E-state index in [1.54, 1.807) is 12.4 Å². The first-order chi connectivity index (χ1) is 10.6. The molecule has 7 heteroatoms. The maximum atomic E-state index is 12.2. The van der Waals surface area contributed by atoms with E-state index in [0.717, 1.165) is 18.8 Å². The second-order valence-corrected chi connectivity index (χ2v) is 5.35. The summed E-state index contributed by atoms with van der Waals surface area (Å²) in [5, 5.41) is 14.5. The molecule has 0 aliphatic rings. The van der Waals surface area contributed by atoms with Gasteiger partial charge in [0, 0.05) is 25.0 Å². The Balaban J connectivity index is 1.82. The number of hydrogen-bond acceptors (Lipinski definition) is 4. The number of nitrogens with one attached hydrogen (secondary N) is 2. The van der Waals surface area contributed by atoms with Crippen molar-refractivity contribution in [2.24, 2.45) is 0 Å². The molecular weight excluding hydrogens is 280 g/mol. The van der Waals surface area contributed by atoms with Gasteiger partial charge in [-0.1, -0.05) is 6.92 Å². The van der Waals surface area contributed by atoms with E-state index in [1.165, 1.54) is 0 Å². The van der Waals surface area contributed by atoms with E-state index in [-0.39, 0.29) is 18.0 Å². The molecule has 22 heavy (non-hydrogen) atoms. The van der Waals surface area contributed by atoms with Crippen LogP contribution in [0, 0.1) is 0 Å². The Hall–Kier alpha value is -2.15. The molecule has 0 aliphatic carbocycles. The Bertz CT molecular complexity index is 577. The standard InChI is InChI=1S/C15H24N6O/c1-4-12(2)21-14(6-8-18-21)19-15(22)13(3)16-9-11-20-10-5-7-17-20/h5-8,10,12-13,16H,4,9,11H2,1-3H3,(H,19,22)/t12-,13-/m1/s1. The highest BCUT2D eigenvalue weighted by atomic mass is 16.2. The van der Waals surface area contributed by atoms with Gasteiger partial charge in [0.2, 0.25) is 5.91 Å². The van der Waals surface area contributed by atoms with Crippen molar-refractivity contribution in [1.29, 1.82) is 0 Å². The van der Waals surface area contributed by atoms with Crippen LogP contribution in [0.15, 0.2) is 30.7 Å².